The smallest absolute Gasteiger partial charge is 0.347 e. The van der Waals surface area contributed by atoms with Gasteiger partial charge in [0.15, 0.2) is 0 Å². The predicted molar refractivity (Wildman–Crippen MR) is 68.3 cm³/mol. The quantitative estimate of drug-likeness (QED) is 0.805. The molecule has 0 fully saturated rings. The number of carbonyl (C=O) groups is 1. The number of nitrogens with one attached hydrogen (secondary N) is 1. The van der Waals surface area contributed by atoms with E-state index in [1.807, 2.05) is 0 Å². The number of hydrogen-bond acceptors (Lipinski definition) is 1. The van der Waals surface area contributed by atoms with Crippen molar-refractivity contribution < 1.29 is 31.1 Å². The average Bonchev–Trinajstić information content (AvgIpc) is 2.35. The second-order valence-electron chi connectivity index (χ2n) is 5.49. The van der Waals surface area contributed by atoms with Crippen LogP contribution in [0.4, 0.5) is 26.3 Å². The molecule has 22 heavy (non-hydrogen) atoms. The van der Waals surface area contributed by atoms with Crippen molar-refractivity contribution >= 4 is 5.91 Å². The van der Waals surface area contributed by atoms with Crippen LogP contribution in [-0.2, 0) is 12.4 Å². The van der Waals surface area contributed by atoms with E-state index in [0.717, 1.165) is 0 Å². The Morgan fingerprint density at radius 1 is 0.955 bits per heavy atom. The van der Waals surface area contributed by atoms with Crippen LogP contribution in [0.1, 0.15) is 48.7 Å². The molecule has 0 saturated heterocycles. The zero-order chi connectivity index (χ0) is 17.3. The fourth-order valence-corrected chi connectivity index (χ4v) is 1.55. The van der Waals surface area contributed by atoms with E-state index < -0.39 is 40.5 Å². The number of amides is 1. The number of hydrogen-bond donors (Lipinski definition) is 1. The topological polar surface area (TPSA) is 29.1 Å². The van der Waals surface area contributed by atoms with Gasteiger partial charge in [0.1, 0.15) is 0 Å². The zero-order valence-corrected chi connectivity index (χ0v) is 12.1. The normalized spacial score (nSPS) is 13.1. The molecule has 0 unspecified atom stereocenters. The third-order valence-corrected chi connectivity index (χ3v) is 3.19. The van der Waals surface area contributed by atoms with E-state index in [1.165, 1.54) is 0 Å². The molecule has 8 heteroatoms. The summed E-state index contributed by atoms with van der Waals surface area (Å²) in [6.07, 6.45) is -9.49. The SMILES string of the molecule is CCC(C)(C)NC(=O)c1cc(C(F)(F)F)cc(C(F)(F)F)c1. The predicted octanol–water partition coefficient (Wildman–Crippen LogP) is 4.64. The van der Waals surface area contributed by atoms with Crippen molar-refractivity contribution in [1.82, 2.24) is 5.32 Å². The monoisotopic (exact) mass is 327 g/mol. The number of carbonyl (C=O) groups excluding carboxylic acids is 1. The Morgan fingerprint density at radius 2 is 1.36 bits per heavy atom. The van der Waals surface area contributed by atoms with Crippen LogP contribution in [0.5, 0.6) is 0 Å². The first-order valence-corrected chi connectivity index (χ1v) is 6.38. The van der Waals surface area contributed by atoms with Crippen LogP contribution in [-0.4, -0.2) is 11.4 Å². The summed E-state index contributed by atoms with van der Waals surface area (Å²) >= 11 is 0. The molecular weight excluding hydrogens is 312 g/mol. The van der Waals surface area contributed by atoms with Gasteiger partial charge in [0.05, 0.1) is 11.1 Å². The summed E-state index contributed by atoms with van der Waals surface area (Å²) in [6, 6.07) is 0.814. The number of rotatable bonds is 3. The van der Waals surface area contributed by atoms with Crippen LogP contribution in [0.25, 0.3) is 0 Å². The van der Waals surface area contributed by atoms with Crippen molar-refractivity contribution in [2.75, 3.05) is 0 Å². The molecule has 0 heterocycles. The van der Waals surface area contributed by atoms with Crippen LogP contribution >= 0.6 is 0 Å². The van der Waals surface area contributed by atoms with Gasteiger partial charge in [-0.3, -0.25) is 4.79 Å². The lowest BCUT2D eigenvalue weighted by molar-refractivity contribution is -0.143. The van der Waals surface area contributed by atoms with Crippen LogP contribution in [0, 0.1) is 0 Å². The van der Waals surface area contributed by atoms with Crippen molar-refractivity contribution in [3.8, 4) is 0 Å². The molecule has 2 nitrogen and oxygen atoms in total. The third-order valence-electron chi connectivity index (χ3n) is 3.19. The van der Waals surface area contributed by atoms with Gasteiger partial charge in [0, 0.05) is 11.1 Å². The van der Waals surface area contributed by atoms with E-state index in [2.05, 4.69) is 5.32 Å². The summed E-state index contributed by atoms with van der Waals surface area (Å²) in [5, 5.41) is 2.41. The Morgan fingerprint density at radius 3 is 1.68 bits per heavy atom. The van der Waals surface area contributed by atoms with Crippen molar-refractivity contribution in [2.45, 2.75) is 45.1 Å². The minimum Gasteiger partial charge on any atom is -0.347 e. The highest BCUT2D eigenvalue weighted by Gasteiger charge is 2.37. The molecule has 1 rings (SSSR count). The maximum absolute atomic E-state index is 12.7. The number of benzene rings is 1. The van der Waals surface area contributed by atoms with Gasteiger partial charge in [-0.2, -0.15) is 26.3 Å². The van der Waals surface area contributed by atoms with Gasteiger partial charge >= 0.3 is 12.4 Å². The van der Waals surface area contributed by atoms with Gasteiger partial charge in [-0.25, -0.2) is 0 Å². The molecule has 1 N–H and O–H groups in total. The Labute approximate surface area is 123 Å². The molecule has 1 amide bonds. The van der Waals surface area contributed by atoms with E-state index in [0.29, 0.717) is 18.6 Å². The van der Waals surface area contributed by atoms with E-state index in [-0.39, 0.29) is 6.07 Å². The standard InChI is InChI=1S/C14H15F6NO/c1-4-12(2,3)21-11(22)8-5-9(13(15,16)17)7-10(6-8)14(18,19)20/h5-7H,4H2,1-3H3,(H,21,22). The van der Waals surface area contributed by atoms with Crippen molar-refractivity contribution in [3.05, 3.63) is 34.9 Å². The summed E-state index contributed by atoms with van der Waals surface area (Å²) < 4.78 is 76.2. The molecule has 0 bridgehead atoms. The highest BCUT2D eigenvalue weighted by Crippen LogP contribution is 2.36. The highest BCUT2D eigenvalue weighted by molar-refractivity contribution is 5.95. The first-order valence-electron chi connectivity index (χ1n) is 6.38. The molecule has 1 aromatic rings. The maximum atomic E-state index is 12.7. The van der Waals surface area contributed by atoms with Crippen LogP contribution in [0.2, 0.25) is 0 Å². The summed E-state index contributed by atoms with van der Waals surface area (Å²) in [5.74, 6) is -0.983. The van der Waals surface area contributed by atoms with E-state index in [4.69, 9.17) is 0 Å². The first-order chi connectivity index (χ1) is 9.76. The summed E-state index contributed by atoms with van der Waals surface area (Å²) in [4.78, 5) is 11.9. The molecule has 0 aliphatic rings. The molecule has 124 valence electrons. The number of alkyl halides is 6. The molecule has 0 aromatic heterocycles. The molecule has 1 aromatic carbocycles. The van der Waals surface area contributed by atoms with E-state index in [1.54, 1.807) is 20.8 Å². The van der Waals surface area contributed by atoms with Crippen molar-refractivity contribution in [2.24, 2.45) is 0 Å². The van der Waals surface area contributed by atoms with E-state index in [9.17, 15) is 31.1 Å². The lowest BCUT2D eigenvalue weighted by atomic mass is 9.99. The summed E-state index contributed by atoms with van der Waals surface area (Å²) in [5.41, 5.74) is -4.45. The molecule has 0 radical (unpaired) electrons. The summed E-state index contributed by atoms with van der Waals surface area (Å²) in [7, 11) is 0. The van der Waals surface area contributed by atoms with Gasteiger partial charge in [0.25, 0.3) is 5.91 Å². The third kappa shape index (κ3) is 4.64. The molecule has 0 saturated carbocycles. The minimum absolute atomic E-state index is 0.0122. The fourth-order valence-electron chi connectivity index (χ4n) is 1.55. The lowest BCUT2D eigenvalue weighted by Crippen LogP contribution is -2.42. The average molecular weight is 327 g/mol. The molecule has 0 aliphatic heterocycles. The molecule has 0 aliphatic carbocycles. The van der Waals surface area contributed by atoms with Crippen molar-refractivity contribution in [3.63, 3.8) is 0 Å². The minimum atomic E-state index is -4.98. The molecular formula is C14H15F6NO. The van der Waals surface area contributed by atoms with Gasteiger partial charge in [-0.05, 0) is 38.5 Å². The Balaban J connectivity index is 3.33. The van der Waals surface area contributed by atoms with Gasteiger partial charge in [-0.15, -0.1) is 0 Å². The Kier molecular flexibility index (Phi) is 4.84. The second kappa shape index (κ2) is 5.81. The maximum Gasteiger partial charge on any atom is 0.416 e. The second-order valence-corrected chi connectivity index (χ2v) is 5.49. The zero-order valence-electron chi connectivity index (χ0n) is 12.1. The van der Waals surface area contributed by atoms with Crippen LogP contribution in [0.3, 0.4) is 0 Å². The van der Waals surface area contributed by atoms with E-state index >= 15 is 0 Å². The largest absolute Gasteiger partial charge is 0.416 e. The molecule has 0 atom stereocenters. The van der Waals surface area contributed by atoms with Gasteiger partial charge in [-0.1, -0.05) is 6.92 Å². The van der Waals surface area contributed by atoms with Crippen molar-refractivity contribution in [1.29, 1.82) is 0 Å². The first kappa shape index (κ1) is 18.3. The Bertz CT molecular complexity index is 527. The van der Waals surface area contributed by atoms with Crippen LogP contribution < -0.4 is 5.32 Å². The lowest BCUT2D eigenvalue weighted by Gasteiger charge is -2.25. The Hall–Kier alpha value is -1.73. The summed E-state index contributed by atoms with van der Waals surface area (Å²) in [6.45, 7) is 4.96. The van der Waals surface area contributed by atoms with Gasteiger partial charge < -0.3 is 5.32 Å². The van der Waals surface area contributed by atoms with Crippen LogP contribution in [0.15, 0.2) is 18.2 Å². The number of halogens is 6. The fraction of sp³-hybridized carbons (Fsp3) is 0.500. The molecule has 0 spiro atoms. The highest BCUT2D eigenvalue weighted by atomic mass is 19.4. The van der Waals surface area contributed by atoms with Gasteiger partial charge in [0.2, 0.25) is 0 Å².